The molecule has 0 bridgehead atoms. The molecule has 1 unspecified atom stereocenters. The minimum atomic E-state index is -0.222. The van der Waals surface area contributed by atoms with Gasteiger partial charge in [-0.05, 0) is 70.0 Å². The van der Waals surface area contributed by atoms with Crippen molar-refractivity contribution in [3.8, 4) is 0 Å². The van der Waals surface area contributed by atoms with Crippen molar-refractivity contribution in [2.75, 3.05) is 13.1 Å². The Balaban J connectivity index is 1.96. The molecule has 0 aromatic heterocycles. The monoisotopic (exact) mass is 404 g/mol. The zero-order valence-electron chi connectivity index (χ0n) is 16.1. The fourth-order valence-corrected chi connectivity index (χ4v) is 4.66. The fraction of sp³-hybridized carbons (Fsp3) is 0.409. The number of benzene rings is 2. The molecule has 1 atom stereocenters. The smallest absolute Gasteiger partial charge is 0.253 e. The lowest BCUT2D eigenvalue weighted by molar-refractivity contribution is 0.0778. The van der Waals surface area contributed by atoms with E-state index in [2.05, 4.69) is 36.2 Å². The summed E-state index contributed by atoms with van der Waals surface area (Å²) in [5.74, 6) is -0.171. The van der Waals surface area contributed by atoms with Gasteiger partial charge in [0.15, 0.2) is 0 Å². The van der Waals surface area contributed by atoms with Crippen LogP contribution in [0.25, 0.3) is 0 Å². The van der Waals surface area contributed by atoms with E-state index in [0.717, 1.165) is 24.2 Å². The van der Waals surface area contributed by atoms with E-state index in [4.69, 9.17) is 23.2 Å². The SMILES string of the molecule is Cc1cc(Cl)cc(Cl)c1C(=O)NC(c1ccccc1)C(C)(C)N1CCCC1. The van der Waals surface area contributed by atoms with Crippen LogP contribution in [0.15, 0.2) is 42.5 Å². The van der Waals surface area contributed by atoms with Crippen molar-refractivity contribution in [2.45, 2.75) is 45.2 Å². The van der Waals surface area contributed by atoms with Gasteiger partial charge in [0.2, 0.25) is 0 Å². The molecule has 5 heteroatoms. The van der Waals surface area contributed by atoms with Crippen molar-refractivity contribution in [1.29, 1.82) is 0 Å². The molecule has 1 saturated heterocycles. The van der Waals surface area contributed by atoms with Crippen LogP contribution in [0.2, 0.25) is 10.0 Å². The Bertz CT molecular complexity index is 791. The molecule has 1 amide bonds. The summed E-state index contributed by atoms with van der Waals surface area (Å²) in [4.78, 5) is 15.6. The van der Waals surface area contributed by atoms with E-state index in [1.807, 2.05) is 25.1 Å². The van der Waals surface area contributed by atoms with Gasteiger partial charge in [-0.15, -0.1) is 0 Å². The molecule has 0 saturated carbocycles. The molecule has 3 rings (SSSR count). The molecule has 1 heterocycles. The Morgan fingerprint density at radius 3 is 2.33 bits per heavy atom. The zero-order chi connectivity index (χ0) is 19.6. The third-order valence-corrected chi connectivity index (χ3v) is 6.03. The zero-order valence-corrected chi connectivity index (χ0v) is 17.6. The quantitative estimate of drug-likeness (QED) is 0.698. The topological polar surface area (TPSA) is 32.3 Å². The highest BCUT2D eigenvalue weighted by Crippen LogP contribution is 2.34. The maximum absolute atomic E-state index is 13.2. The number of rotatable bonds is 5. The van der Waals surface area contributed by atoms with E-state index >= 15 is 0 Å². The summed E-state index contributed by atoms with van der Waals surface area (Å²) in [7, 11) is 0. The summed E-state index contributed by atoms with van der Waals surface area (Å²) in [6.07, 6.45) is 2.39. The van der Waals surface area contributed by atoms with Crippen LogP contribution >= 0.6 is 23.2 Å². The number of nitrogens with zero attached hydrogens (tertiary/aromatic N) is 1. The van der Waals surface area contributed by atoms with Crippen LogP contribution in [-0.4, -0.2) is 29.4 Å². The highest BCUT2D eigenvalue weighted by atomic mass is 35.5. The first-order valence-corrected chi connectivity index (χ1v) is 10.1. The van der Waals surface area contributed by atoms with Crippen molar-refractivity contribution in [3.63, 3.8) is 0 Å². The molecule has 1 aliphatic rings. The highest BCUT2D eigenvalue weighted by Gasteiger charge is 2.39. The summed E-state index contributed by atoms with van der Waals surface area (Å²) in [5.41, 5.74) is 2.13. The Labute approximate surface area is 171 Å². The molecular formula is C22H26Cl2N2O. The minimum Gasteiger partial charge on any atom is -0.343 e. The van der Waals surface area contributed by atoms with Gasteiger partial charge in [0.05, 0.1) is 16.6 Å². The fourth-order valence-electron chi connectivity index (χ4n) is 3.98. The Morgan fingerprint density at radius 1 is 1.11 bits per heavy atom. The molecular weight excluding hydrogens is 379 g/mol. The first kappa shape index (κ1) is 20.2. The van der Waals surface area contributed by atoms with Crippen LogP contribution in [0.3, 0.4) is 0 Å². The summed E-state index contributed by atoms with van der Waals surface area (Å²) >= 11 is 12.4. The molecule has 0 aliphatic carbocycles. The van der Waals surface area contributed by atoms with E-state index in [1.54, 1.807) is 12.1 Å². The highest BCUT2D eigenvalue weighted by molar-refractivity contribution is 6.37. The first-order chi connectivity index (χ1) is 12.8. The van der Waals surface area contributed by atoms with Crippen LogP contribution in [-0.2, 0) is 0 Å². The number of carbonyl (C=O) groups is 1. The Hall–Kier alpha value is -1.55. The van der Waals surface area contributed by atoms with Crippen molar-refractivity contribution in [3.05, 3.63) is 69.2 Å². The van der Waals surface area contributed by atoms with Gasteiger partial charge >= 0.3 is 0 Å². The molecule has 1 N–H and O–H groups in total. The molecule has 27 heavy (non-hydrogen) atoms. The molecule has 1 fully saturated rings. The maximum atomic E-state index is 13.2. The molecule has 2 aromatic rings. The van der Waals surface area contributed by atoms with Crippen molar-refractivity contribution in [2.24, 2.45) is 0 Å². The van der Waals surface area contributed by atoms with Gasteiger partial charge in [0, 0.05) is 10.6 Å². The number of carbonyl (C=O) groups excluding carboxylic acids is 1. The van der Waals surface area contributed by atoms with Gasteiger partial charge in [-0.2, -0.15) is 0 Å². The Morgan fingerprint density at radius 2 is 1.74 bits per heavy atom. The molecule has 0 spiro atoms. The number of aryl methyl sites for hydroxylation is 1. The van der Waals surface area contributed by atoms with Crippen molar-refractivity contribution >= 4 is 29.1 Å². The predicted molar refractivity (Wildman–Crippen MR) is 113 cm³/mol. The van der Waals surface area contributed by atoms with Crippen molar-refractivity contribution in [1.82, 2.24) is 10.2 Å². The lowest BCUT2D eigenvalue weighted by Gasteiger charge is -2.42. The summed E-state index contributed by atoms with van der Waals surface area (Å²) in [6, 6.07) is 13.4. The molecule has 3 nitrogen and oxygen atoms in total. The lowest BCUT2D eigenvalue weighted by atomic mass is 9.86. The number of hydrogen-bond donors (Lipinski definition) is 1. The van der Waals surface area contributed by atoms with Gasteiger partial charge in [-0.1, -0.05) is 53.5 Å². The van der Waals surface area contributed by atoms with Crippen LogP contribution in [0, 0.1) is 6.92 Å². The number of amides is 1. The molecule has 1 aliphatic heterocycles. The second kappa shape index (κ2) is 8.22. The summed E-state index contributed by atoms with van der Waals surface area (Å²) in [6.45, 7) is 8.36. The largest absolute Gasteiger partial charge is 0.343 e. The van der Waals surface area contributed by atoms with E-state index in [0.29, 0.717) is 15.6 Å². The molecule has 0 radical (unpaired) electrons. The van der Waals surface area contributed by atoms with E-state index < -0.39 is 0 Å². The van der Waals surface area contributed by atoms with Gasteiger partial charge < -0.3 is 5.32 Å². The van der Waals surface area contributed by atoms with Gasteiger partial charge in [-0.3, -0.25) is 9.69 Å². The van der Waals surface area contributed by atoms with E-state index in [-0.39, 0.29) is 17.5 Å². The van der Waals surface area contributed by atoms with Crippen LogP contribution in [0.5, 0.6) is 0 Å². The van der Waals surface area contributed by atoms with Gasteiger partial charge in [0.25, 0.3) is 5.91 Å². The number of hydrogen-bond acceptors (Lipinski definition) is 2. The average Bonchev–Trinajstić information content (AvgIpc) is 3.15. The lowest BCUT2D eigenvalue weighted by Crippen LogP contribution is -2.52. The summed E-state index contributed by atoms with van der Waals surface area (Å²) in [5, 5.41) is 4.17. The summed E-state index contributed by atoms with van der Waals surface area (Å²) < 4.78 is 0. The van der Waals surface area contributed by atoms with Gasteiger partial charge in [0.1, 0.15) is 0 Å². The van der Waals surface area contributed by atoms with Crippen LogP contribution in [0.1, 0.15) is 54.2 Å². The molecule has 2 aromatic carbocycles. The second-order valence-electron chi connectivity index (χ2n) is 7.74. The standard InChI is InChI=1S/C22H26Cl2N2O/c1-15-13-17(23)14-18(24)19(15)21(27)25-20(16-9-5-4-6-10-16)22(2,3)26-11-7-8-12-26/h4-6,9-10,13-14,20H,7-8,11-12H2,1-3H3,(H,25,27). The number of nitrogens with one attached hydrogen (secondary N) is 1. The van der Waals surface area contributed by atoms with Gasteiger partial charge in [-0.25, -0.2) is 0 Å². The Kier molecular flexibility index (Phi) is 6.15. The third-order valence-electron chi connectivity index (χ3n) is 5.52. The van der Waals surface area contributed by atoms with Crippen LogP contribution in [0.4, 0.5) is 0 Å². The minimum absolute atomic E-state index is 0.157. The third kappa shape index (κ3) is 4.31. The van der Waals surface area contributed by atoms with Crippen LogP contribution < -0.4 is 5.32 Å². The number of likely N-dealkylation sites (tertiary alicyclic amines) is 1. The first-order valence-electron chi connectivity index (χ1n) is 9.37. The predicted octanol–water partition coefficient (Wildman–Crippen LogP) is 5.65. The normalized spacial score (nSPS) is 16.3. The maximum Gasteiger partial charge on any atom is 0.253 e. The van der Waals surface area contributed by atoms with E-state index in [9.17, 15) is 4.79 Å². The number of halogens is 2. The molecule has 144 valence electrons. The average molecular weight is 405 g/mol. The second-order valence-corrected chi connectivity index (χ2v) is 8.59. The van der Waals surface area contributed by atoms with E-state index in [1.165, 1.54) is 12.8 Å². The van der Waals surface area contributed by atoms with Crippen molar-refractivity contribution < 1.29 is 4.79 Å².